The van der Waals surface area contributed by atoms with Crippen molar-refractivity contribution in [1.29, 1.82) is 0 Å². The summed E-state index contributed by atoms with van der Waals surface area (Å²) in [5, 5.41) is 7.18. The predicted molar refractivity (Wildman–Crippen MR) is 82.7 cm³/mol. The van der Waals surface area contributed by atoms with Crippen molar-refractivity contribution in [2.75, 3.05) is 25.0 Å². The Morgan fingerprint density at radius 2 is 2.10 bits per heavy atom. The van der Waals surface area contributed by atoms with E-state index in [-0.39, 0.29) is 5.91 Å². The van der Waals surface area contributed by atoms with E-state index >= 15 is 0 Å². The minimum absolute atomic E-state index is 0.0713. The van der Waals surface area contributed by atoms with Crippen LogP contribution in [0.5, 0.6) is 0 Å². The third-order valence-electron chi connectivity index (χ3n) is 3.41. The first kappa shape index (κ1) is 16.7. The van der Waals surface area contributed by atoms with E-state index < -0.39 is 0 Å². The molecule has 0 radical (unpaired) electrons. The van der Waals surface area contributed by atoms with E-state index in [9.17, 15) is 4.79 Å². The van der Waals surface area contributed by atoms with Crippen LogP contribution in [0, 0.1) is 5.92 Å². The molecule has 0 unspecified atom stereocenters. The Bertz CT molecular complexity index is 396. The van der Waals surface area contributed by atoms with E-state index in [1.165, 1.54) is 0 Å². The molecule has 1 amide bonds. The number of carbonyl (C=O) groups excluding carboxylic acids is 1. The van der Waals surface area contributed by atoms with E-state index in [4.69, 9.17) is 0 Å². The van der Waals surface area contributed by atoms with Gasteiger partial charge in [0.25, 0.3) is 0 Å². The van der Waals surface area contributed by atoms with Gasteiger partial charge in [-0.1, -0.05) is 27.7 Å². The molecule has 0 atom stereocenters. The summed E-state index contributed by atoms with van der Waals surface area (Å²) < 4.78 is 1.89. The van der Waals surface area contributed by atoms with Gasteiger partial charge in [-0.3, -0.25) is 9.48 Å². The highest BCUT2D eigenvalue weighted by Crippen LogP contribution is 2.08. The summed E-state index contributed by atoms with van der Waals surface area (Å²) in [6.45, 7) is 12.5. The van der Waals surface area contributed by atoms with Crippen LogP contribution >= 0.6 is 0 Å². The van der Waals surface area contributed by atoms with Gasteiger partial charge in [-0.05, 0) is 25.4 Å². The molecule has 0 aromatic carbocycles. The molecule has 0 aliphatic heterocycles. The van der Waals surface area contributed by atoms with Crippen LogP contribution in [0.15, 0.2) is 12.4 Å². The Hall–Kier alpha value is -1.36. The number of carbonyl (C=O) groups is 1. The number of hydrogen-bond donors (Lipinski definition) is 1. The van der Waals surface area contributed by atoms with E-state index in [1.54, 1.807) is 6.20 Å². The van der Waals surface area contributed by atoms with Crippen molar-refractivity contribution in [1.82, 2.24) is 14.7 Å². The Morgan fingerprint density at radius 3 is 2.70 bits per heavy atom. The normalized spacial score (nSPS) is 11.3. The summed E-state index contributed by atoms with van der Waals surface area (Å²) >= 11 is 0. The highest BCUT2D eigenvalue weighted by atomic mass is 16.1. The maximum Gasteiger partial charge on any atom is 0.224 e. The molecular formula is C15H28N4O. The predicted octanol–water partition coefficient (Wildman–Crippen LogP) is 2.60. The van der Waals surface area contributed by atoms with Crippen molar-refractivity contribution in [3.63, 3.8) is 0 Å². The zero-order valence-corrected chi connectivity index (χ0v) is 13.2. The van der Waals surface area contributed by atoms with E-state index in [0.29, 0.717) is 12.3 Å². The summed E-state index contributed by atoms with van der Waals surface area (Å²) in [5.41, 5.74) is 0.790. The molecule has 0 saturated heterocycles. The lowest BCUT2D eigenvalue weighted by Gasteiger charge is -2.17. The van der Waals surface area contributed by atoms with Gasteiger partial charge in [0, 0.05) is 19.2 Å². The van der Waals surface area contributed by atoms with Crippen molar-refractivity contribution < 1.29 is 4.79 Å². The number of hydrogen-bond acceptors (Lipinski definition) is 3. The van der Waals surface area contributed by atoms with Crippen molar-refractivity contribution in [3.05, 3.63) is 12.4 Å². The van der Waals surface area contributed by atoms with Crippen molar-refractivity contribution in [2.24, 2.45) is 5.92 Å². The molecule has 0 saturated carbocycles. The highest BCUT2D eigenvalue weighted by molar-refractivity contribution is 5.90. The zero-order valence-electron chi connectivity index (χ0n) is 13.2. The smallest absolute Gasteiger partial charge is 0.224 e. The van der Waals surface area contributed by atoms with Crippen molar-refractivity contribution in [3.8, 4) is 0 Å². The molecule has 5 nitrogen and oxygen atoms in total. The molecule has 0 bridgehead atoms. The number of nitrogens with zero attached hydrogens (tertiary/aromatic N) is 3. The first-order chi connectivity index (χ1) is 9.55. The van der Waals surface area contributed by atoms with Crippen LogP contribution in [0.1, 0.15) is 40.5 Å². The Morgan fingerprint density at radius 1 is 1.40 bits per heavy atom. The van der Waals surface area contributed by atoms with Gasteiger partial charge in [-0.2, -0.15) is 5.10 Å². The molecular weight excluding hydrogens is 252 g/mol. The second kappa shape index (κ2) is 8.74. The Balaban J connectivity index is 2.37. The third kappa shape index (κ3) is 6.19. The second-order valence-corrected chi connectivity index (χ2v) is 5.50. The van der Waals surface area contributed by atoms with Gasteiger partial charge >= 0.3 is 0 Å². The Labute approximate surface area is 122 Å². The average molecular weight is 280 g/mol. The first-order valence-corrected chi connectivity index (χ1v) is 7.59. The highest BCUT2D eigenvalue weighted by Gasteiger charge is 2.06. The molecule has 0 aliphatic carbocycles. The number of likely N-dealkylation sites (N-methyl/N-ethyl adjacent to an activating group) is 1. The van der Waals surface area contributed by atoms with E-state index in [2.05, 4.69) is 43.0 Å². The van der Waals surface area contributed by atoms with Crippen LogP contribution in [0.3, 0.4) is 0 Å². The average Bonchev–Trinajstić information content (AvgIpc) is 2.85. The molecule has 114 valence electrons. The zero-order chi connectivity index (χ0) is 15.0. The van der Waals surface area contributed by atoms with Crippen molar-refractivity contribution in [2.45, 2.75) is 47.1 Å². The van der Waals surface area contributed by atoms with Crippen molar-refractivity contribution >= 4 is 11.6 Å². The standard InChI is InChI=1S/C15H28N4O/c1-5-18(6-2)9-10-19-12-14(11-16-19)17-15(20)8-7-13(3)4/h11-13H,5-10H2,1-4H3,(H,17,20). The topological polar surface area (TPSA) is 50.2 Å². The molecule has 1 aromatic heterocycles. The lowest BCUT2D eigenvalue weighted by atomic mass is 10.1. The van der Waals surface area contributed by atoms with Gasteiger partial charge in [0.2, 0.25) is 5.91 Å². The molecule has 1 heterocycles. The lowest BCUT2D eigenvalue weighted by Crippen LogP contribution is -2.27. The Kier molecular flexibility index (Phi) is 7.30. The number of aromatic nitrogens is 2. The summed E-state index contributed by atoms with van der Waals surface area (Å²) in [6, 6.07) is 0. The monoisotopic (exact) mass is 280 g/mol. The summed E-state index contributed by atoms with van der Waals surface area (Å²) in [6.07, 6.45) is 5.11. The number of amides is 1. The van der Waals surface area contributed by atoms with Gasteiger partial charge in [-0.15, -0.1) is 0 Å². The summed E-state index contributed by atoms with van der Waals surface area (Å²) in [5.74, 6) is 0.625. The SMILES string of the molecule is CCN(CC)CCn1cc(NC(=O)CCC(C)C)cn1. The lowest BCUT2D eigenvalue weighted by molar-refractivity contribution is -0.116. The van der Waals surface area contributed by atoms with Crippen LogP contribution in [-0.2, 0) is 11.3 Å². The fourth-order valence-electron chi connectivity index (χ4n) is 1.98. The summed E-state index contributed by atoms with van der Waals surface area (Å²) in [7, 11) is 0. The molecule has 20 heavy (non-hydrogen) atoms. The summed E-state index contributed by atoms with van der Waals surface area (Å²) in [4.78, 5) is 14.1. The second-order valence-electron chi connectivity index (χ2n) is 5.50. The fraction of sp³-hybridized carbons (Fsp3) is 0.733. The van der Waals surface area contributed by atoms with Gasteiger partial charge < -0.3 is 10.2 Å². The number of nitrogens with one attached hydrogen (secondary N) is 1. The van der Waals surface area contributed by atoms with Gasteiger partial charge in [-0.25, -0.2) is 0 Å². The molecule has 1 N–H and O–H groups in total. The van der Waals surface area contributed by atoms with Crippen LogP contribution in [-0.4, -0.2) is 40.2 Å². The quantitative estimate of drug-likeness (QED) is 0.756. The number of rotatable bonds is 9. The fourth-order valence-corrected chi connectivity index (χ4v) is 1.98. The van der Waals surface area contributed by atoms with Crippen LogP contribution in [0.2, 0.25) is 0 Å². The molecule has 1 rings (SSSR count). The van der Waals surface area contributed by atoms with E-state index in [1.807, 2.05) is 10.9 Å². The van der Waals surface area contributed by atoms with Crippen LogP contribution < -0.4 is 5.32 Å². The first-order valence-electron chi connectivity index (χ1n) is 7.59. The third-order valence-corrected chi connectivity index (χ3v) is 3.41. The van der Waals surface area contributed by atoms with Gasteiger partial charge in [0.05, 0.1) is 18.4 Å². The number of anilines is 1. The van der Waals surface area contributed by atoms with Crippen LogP contribution in [0.4, 0.5) is 5.69 Å². The maximum atomic E-state index is 11.7. The maximum absolute atomic E-state index is 11.7. The van der Waals surface area contributed by atoms with Gasteiger partial charge in [0.15, 0.2) is 0 Å². The molecule has 1 aromatic rings. The molecule has 0 fully saturated rings. The van der Waals surface area contributed by atoms with Gasteiger partial charge in [0.1, 0.15) is 0 Å². The molecule has 0 spiro atoms. The minimum atomic E-state index is 0.0713. The van der Waals surface area contributed by atoms with E-state index in [0.717, 1.165) is 38.3 Å². The van der Waals surface area contributed by atoms with Crippen LogP contribution in [0.25, 0.3) is 0 Å². The molecule has 5 heteroatoms. The molecule has 0 aliphatic rings. The minimum Gasteiger partial charge on any atom is -0.323 e. The largest absolute Gasteiger partial charge is 0.323 e.